The minimum absolute atomic E-state index is 0.785. The number of rotatable bonds is 4. The van der Waals surface area contributed by atoms with Crippen LogP contribution in [0, 0.1) is 46.3 Å². The van der Waals surface area contributed by atoms with Gasteiger partial charge in [0, 0.05) is 28.2 Å². The molecule has 0 spiro atoms. The van der Waals surface area contributed by atoms with Crippen molar-refractivity contribution in [3.63, 3.8) is 0 Å². The van der Waals surface area contributed by atoms with Crippen LogP contribution in [0.1, 0.15) is 33.4 Å². The Bertz CT molecular complexity index is 1040. The van der Waals surface area contributed by atoms with Crippen molar-refractivity contribution in [2.24, 2.45) is 0 Å². The first kappa shape index (κ1) is 22.2. The molecule has 0 aliphatic carbocycles. The van der Waals surface area contributed by atoms with Crippen molar-refractivity contribution in [1.82, 2.24) is 9.13 Å². The molecule has 3 rings (SSSR count). The molecule has 0 amide bonds. The summed E-state index contributed by atoms with van der Waals surface area (Å²) < 4.78 is 5.27. The predicted molar refractivity (Wildman–Crippen MR) is 133 cm³/mol. The minimum atomic E-state index is 0.785. The highest BCUT2D eigenvalue weighted by Crippen LogP contribution is 2.39. The average Bonchev–Trinajstić information content (AvgIpc) is 2.87. The van der Waals surface area contributed by atoms with E-state index in [-0.39, 0.29) is 0 Å². The summed E-state index contributed by atoms with van der Waals surface area (Å²) in [6.07, 6.45) is 0. The third-order valence-corrected chi connectivity index (χ3v) is 5.94. The Morgan fingerprint density at radius 1 is 0.567 bits per heavy atom. The van der Waals surface area contributed by atoms with Crippen LogP contribution in [0.3, 0.4) is 0 Å². The van der Waals surface area contributed by atoms with Gasteiger partial charge in [-0.05, 0) is 76.0 Å². The Labute approximate surface area is 186 Å². The maximum atomic E-state index is 6.18. The molecule has 0 saturated heterocycles. The number of hydrogen-bond acceptors (Lipinski definition) is 3. The molecule has 0 aliphatic heterocycles. The smallest absolute Gasteiger partial charge is 0.192 e. The summed E-state index contributed by atoms with van der Waals surface area (Å²) in [7, 11) is 8.36. The van der Waals surface area contributed by atoms with Gasteiger partial charge in [0.1, 0.15) is 0 Å². The first-order valence-electron chi connectivity index (χ1n) is 10.3. The van der Waals surface area contributed by atoms with Gasteiger partial charge in [0.05, 0.1) is 11.4 Å². The first-order chi connectivity index (χ1) is 14.0. The van der Waals surface area contributed by atoms with Crippen LogP contribution in [0.4, 0.5) is 11.6 Å². The number of imidazole rings is 1. The fraction of sp³-hybridized carbons (Fsp3) is 0.400. The van der Waals surface area contributed by atoms with Gasteiger partial charge in [-0.15, -0.1) is 0 Å². The van der Waals surface area contributed by atoms with E-state index in [2.05, 4.69) is 113 Å². The third kappa shape index (κ3) is 3.56. The summed E-state index contributed by atoms with van der Waals surface area (Å²) in [5, 5.41) is 0. The molecule has 2 aromatic carbocycles. The van der Waals surface area contributed by atoms with E-state index >= 15 is 0 Å². The number of anilines is 2. The molecule has 0 fully saturated rings. The summed E-state index contributed by atoms with van der Waals surface area (Å²) in [5.74, 6) is 2.17. The standard InChI is InChI=1S/C25H34N4S/c1-15-11-17(3)21(18(4)12-15)28-23(26(7)8)24(27(9)10)29(25(28)30)22-19(5)13-16(2)14-20(22)6/h11-14H,1-10H3. The van der Waals surface area contributed by atoms with Crippen LogP contribution in [0.5, 0.6) is 0 Å². The zero-order valence-electron chi connectivity index (χ0n) is 20.0. The molecule has 1 heterocycles. The van der Waals surface area contributed by atoms with E-state index in [9.17, 15) is 0 Å². The van der Waals surface area contributed by atoms with Gasteiger partial charge < -0.3 is 9.80 Å². The lowest BCUT2D eigenvalue weighted by Gasteiger charge is -2.24. The highest BCUT2D eigenvalue weighted by Gasteiger charge is 2.26. The van der Waals surface area contributed by atoms with Crippen molar-refractivity contribution in [3.05, 3.63) is 62.4 Å². The maximum absolute atomic E-state index is 6.18. The van der Waals surface area contributed by atoms with Crippen LogP contribution in [-0.4, -0.2) is 37.3 Å². The highest BCUT2D eigenvalue weighted by atomic mass is 32.1. The Hall–Kier alpha value is -2.53. The topological polar surface area (TPSA) is 16.3 Å². The van der Waals surface area contributed by atoms with Crippen LogP contribution in [0.2, 0.25) is 0 Å². The molecule has 0 aliphatic rings. The Morgan fingerprint density at radius 2 is 0.833 bits per heavy atom. The van der Waals surface area contributed by atoms with E-state index in [1.165, 1.54) is 44.8 Å². The molecule has 0 N–H and O–H groups in total. The predicted octanol–water partition coefficient (Wildman–Crippen LogP) is 5.98. The summed E-state index contributed by atoms with van der Waals surface area (Å²) in [5.41, 5.74) is 9.78. The zero-order valence-corrected chi connectivity index (χ0v) is 20.8. The van der Waals surface area contributed by atoms with Gasteiger partial charge in [-0.3, -0.25) is 9.13 Å². The first-order valence-corrected chi connectivity index (χ1v) is 10.7. The second-order valence-electron chi connectivity index (χ2n) is 8.88. The van der Waals surface area contributed by atoms with Gasteiger partial charge in [0.25, 0.3) is 0 Å². The Kier molecular flexibility index (Phi) is 5.87. The molecule has 4 nitrogen and oxygen atoms in total. The van der Waals surface area contributed by atoms with E-state index in [0.717, 1.165) is 16.4 Å². The second-order valence-corrected chi connectivity index (χ2v) is 9.25. The van der Waals surface area contributed by atoms with Crippen LogP contribution in [0.15, 0.2) is 24.3 Å². The molecule has 0 saturated carbocycles. The number of aromatic nitrogens is 2. The number of nitrogens with zero attached hydrogens (tertiary/aromatic N) is 4. The molecule has 0 bridgehead atoms. The van der Waals surface area contributed by atoms with Gasteiger partial charge in [0.2, 0.25) is 0 Å². The Morgan fingerprint density at radius 3 is 1.07 bits per heavy atom. The lowest BCUT2D eigenvalue weighted by atomic mass is 10.0. The molecule has 1 aromatic heterocycles. The average molecular weight is 423 g/mol. The summed E-state index contributed by atoms with van der Waals surface area (Å²) in [4.78, 5) is 4.33. The monoisotopic (exact) mass is 422 g/mol. The van der Waals surface area contributed by atoms with Gasteiger partial charge in [-0.2, -0.15) is 0 Å². The van der Waals surface area contributed by atoms with Crippen molar-refractivity contribution >= 4 is 23.9 Å². The second kappa shape index (κ2) is 7.95. The molecule has 3 aromatic rings. The quantitative estimate of drug-likeness (QED) is 0.481. The van der Waals surface area contributed by atoms with Gasteiger partial charge in [-0.1, -0.05) is 35.4 Å². The summed E-state index contributed by atoms with van der Waals surface area (Å²) in [6.45, 7) is 13.0. The minimum Gasteiger partial charge on any atom is -0.361 e. The van der Waals surface area contributed by atoms with E-state index in [0.29, 0.717) is 0 Å². The fourth-order valence-corrected chi connectivity index (χ4v) is 5.09. The number of benzene rings is 2. The highest BCUT2D eigenvalue weighted by molar-refractivity contribution is 7.71. The maximum Gasteiger partial charge on any atom is 0.192 e. The Balaban J connectivity index is 2.55. The lowest BCUT2D eigenvalue weighted by Crippen LogP contribution is -2.20. The van der Waals surface area contributed by atoms with E-state index < -0.39 is 0 Å². The summed E-state index contributed by atoms with van der Waals surface area (Å²) >= 11 is 6.18. The van der Waals surface area contributed by atoms with Gasteiger partial charge >= 0.3 is 0 Å². The number of aryl methyl sites for hydroxylation is 6. The van der Waals surface area contributed by atoms with E-state index in [1.807, 2.05) is 0 Å². The third-order valence-electron chi connectivity index (χ3n) is 5.57. The molecule has 30 heavy (non-hydrogen) atoms. The van der Waals surface area contributed by atoms with Gasteiger partial charge in [-0.25, -0.2) is 0 Å². The molecule has 160 valence electrons. The molecular formula is C25H34N4S. The van der Waals surface area contributed by atoms with Crippen LogP contribution < -0.4 is 9.80 Å². The van der Waals surface area contributed by atoms with Crippen LogP contribution in [-0.2, 0) is 0 Å². The SMILES string of the molecule is Cc1cc(C)c(-n2c(N(C)C)c(N(C)C)n(-c3c(C)cc(C)cc3C)c2=S)c(C)c1. The largest absolute Gasteiger partial charge is 0.361 e. The number of hydrogen-bond donors (Lipinski definition) is 0. The molecule has 5 heteroatoms. The molecular weight excluding hydrogens is 388 g/mol. The van der Waals surface area contributed by atoms with Gasteiger partial charge in [0.15, 0.2) is 16.4 Å². The fourth-order valence-electron chi connectivity index (χ4n) is 4.73. The van der Waals surface area contributed by atoms with Crippen molar-refractivity contribution in [2.75, 3.05) is 38.0 Å². The van der Waals surface area contributed by atoms with E-state index in [1.54, 1.807) is 0 Å². The summed E-state index contributed by atoms with van der Waals surface area (Å²) in [6, 6.07) is 8.94. The zero-order chi connectivity index (χ0) is 22.5. The van der Waals surface area contributed by atoms with Crippen LogP contribution >= 0.6 is 12.2 Å². The van der Waals surface area contributed by atoms with Crippen molar-refractivity contribution in [2.45, 2.75) is 41.5 Å². The molecule has 0 radical (unpaired) electrons. The van der Waals surface area contributed by atoms with Crippen molar-refractivity contribution in [3.8, 4) is 11.4 Å². The van der Waals surface area contributed by atoms with Crippen LogP contribution in [0.25, 0.3) is 11.4 Å². The lowest BCUT2D eigenvalue weighted by molar-refractivity contribution is 0.908. The van der Waals surface area contributed by atoms with E-state index in [4.69, 9.17) is 12.2 Å². The van der Waals surface area contributed by atoms with Crippen molar-refractivity contribution < 1.29 is 0 Å². The molecule has 0 unspecified atom stereocenters. The molecule has 0 atom stereocenters. The van der Waals surface area contributed by atoms with Crippen molar-refractivity contribution in [1.29, 1.82) is 0 Å². The normalized spacial score (nSPS) is 11.1.